The monoisotopic (exact) mass is 350 g/mol. The standard InChI is InChI=1S/C16H30O8/c1-8-3-4-9(16(2,22)7-18)5-10(8)23-15-14(21)13(20)12(19)11(6-17)24-15/h8-15,17-22H,3-7H2,1-2H3/t8-,9+,10+,11+,12+,13-,14+,15+,16+/m0/s1. The first-order valence-corrected chi connectivity index (χ1v) is 8.50. The van der Waals surface area contributed by atoms with E-state index in [1.54, 1.807) is 6.92 Å². The Hall–Kier alpha value is -0.320. The van der Waals surface area contributed by atoms with Gasteiger partial charge in [0.25, 0.3) is 0 Å². The number of ether oxygens (including phenoxy) is 2. The molecule has 0 bridgehead atoms. The lowest BCUT2D eigenvalue weighted by molar-refractivity contribution is -0.318. The molecule has 0 amide bonds. The minimum atomic E-state index is -1.48. The van der Waals surface area contributed by atoms with Crippen LogP contribution in [0.2, 0.25) is 0 Å². The van der Waals surface area contributed by atoms with Crippen LogP contribution in [0.25, 0.3) is 0 Å². The van der Waals surface area contributed by atoms with E-state index in [2.05, 4.69) is 0 Å². The van der Waals surface area contributed by atoms with E-state index in [0.717, 1.165) is 12.8 Å². The molecular formula is C16H30O8. The number of hydrogen-bond donors (Lipinski definition) is 6. The van der Waals surface area contributed by atoms with Crippen LogP contribution in [0.3, 0.4) is 0 Å². The molecule has 1 saturated heterocycles. The Morgan fingerprint density at radius 3 is 2.33 bits per heavy atom. The molecule has 1 saturated carbocycles. The zero-order valence-corrected chi connectivity index (χ0v) is 14.2. The largest absolute Gasteiger partial charge is 0.394 e. The van der Waals surface area contributed by atoms with Crippen LogP contribution >= 0.6 is 0 Å². The lowest BCUT2D eigenvalue weighted by atomic mass is 9.73. The third kappa shape index (κ3) is 4.08. The maximum Gasteiger partial charge on any atom is 0.186 e. The molecule has 142 valence electrons. The second-order valence-electron chi connectivity index (χ2n) is 7.37. The van der Waals surface area contributed by atoms with Crippen LogP contribution in [-0.2, 0) is 9.47 Å². The molecule has 0 radical (unpaired) electrons. The molecule has 1 aliphatic heterocycles. The number of rotatable bonds is 5. The van der Waals surface area contributed by atoms with Gasteiger partial charge in [-0.1, -0.05) is 6.92 Å². The fourth-order valence-corrected chi connectivity index (χ4v) is 3.52. The first kappa shape index (κ1) is 20.0. The molecule has 6 N–H and O–H groups in total. The van der Waals surface area contributed by atoms with Gasteiger partial charge in [0.1, 0.15) is 24.4 Å². The lowest BCUT2D eigenvalue weighted by Gasteiger charge is -2.45. The van der Waals surface area contributed by atoms with Gasteiger partial charge in [0.15, 0.2) is 6.29 Å². The Morgan fingerprint density at radius 1 is 1.08 bits per heavy atom. The molecule has 8 heteroatoms. The maximum atomic E-state index is 10.3. The maximum absolute atomic E-state index is 10.3. The summed E-state index contributed by atoms with van der Waals surface area (Å²) in [4.78, 5) is 0. The zero-order valence-electron chi connectivity index (χ0n) is 14.2. The molecule has 24 heavy (non-hydrogen) atoms. The predicted molar refractivity (Wildman–Crippen MR) is 82.9 cm³/mol. The third-order valence-electron chi connectivity index (χ3n) is 5.48. The van der Waals surface area contributed by atoms with Crippen molar-refractivity contribution in [3.63, 3.8) is 0 Å². The zero-order chi connectivity index (χ0) is 18.1. The van der Waals surface area contributed by atoms with E-state index in [1.165, 1.54) is 0 Å². The van der Waals surface area contributed by atoms with Crippen molar-refractivity contribution in [1.82, 2.24) is 0 Å². The Balaban J connectivity index is 2.04. The van der Waals surface area contributed by atoms with Gasteiger partial charge in [-0.15, -0.1) is 0 Å². The van der Waals surface area contributed by atoms with Gasteiger partial charge in [0.2, 0.25) is 0 Å². The van der Waals surface area contributed by atoms with Gasteiger partial charge in [-0.3, -0.25) is 0 Å². The fourth-order valence-electron chi connectivity index (χ4n) is 3.52. The van der Waals surface area contributed by atoms with E-state index in [4.69, 9.17) is 9.47 Å². The summed E-state index contributed by atoms with van der Waals surface area (Å²) >= 11 is 0. The van der Waals surface area contributed by atoms with Gasteiger partial charge >= 0.3 is 0 Å². The molecule has 1 aliphatic carbocycles. The summed E-state index contributed by atoms with van der Waals surface area (Å²) in [5.41, 5.74) is -1.21. The van der Waals surface area contributed by atoms with Crippen molar-refractivity contribution in [3.8, 4) is 0 Å². The summed E-state index contributed by atoms with van der Waals surface area (Å²) in [5.74, 6) is -0.0169. The van der Waals surface area contributed by atoms with Gasteiger partial charge in [0, 0.05) is 0 Å². The first-order valence-electron chi connectivity index (χ1n) is 8.50. The molecule has 8 nitrogen and oxygen atoms in total. The molecular weight excluding hydrogens is 320 g/mol. The van der Waals surface area contributed by atoms with Crippen LogP contribution in [0.1, 0.15) is 33.1 Å². The molecule has 2 rings (SSSR count). The van der Waals surface area contributed by atoms with Gasteiger partial charge in [-0.2, -0.15) is 0 Å². The molecule has 2 aliphatic rings. The van der Waals surface area contributed by atoms with Gasteiger partial charge in [-0.05, 0) is 38.0 Å². The van der Waals surface area contributed by atoms with Crippen LogP contribution in [-0.4, -0.2) is 86.3 Å². The van der Waals surface area contributed by atoms with Crippen molar-refractivity contribution >= 4 is 0 Å². The average Bonchev–Trinajstić information content (AvgIpc) is 2.56. The Bertz CT molecular complexity index is 402. The summed E-state index contributed by atoms with van der Waals surface area (Å²) in [6, 6.07) is 0. The van der Waals surface area contributed by atoms with E-state index >= 15 is 0 Å². The number of hydrogen-bond acceptors (Lipinski definition) is 8. The normalized spacial score (nSPS) is 46.5. The molecule has 2 fully saturated rings. The highest BCUT2D eigenvalue weighted by atomic mass is 16.7. The quantitative estimate of drug-likeness (QED) is 0.347. The fraction of sp³-hybridized carbons (Fsp3) is 1.00. The summed E-state index contributed by atoms with van der Waals surface area (Å²) in [7, 11) is 0. The second kappa shape index (κ2) is 7.92. The summed E-state index contributed by atoms with van der Waals surface area (Å²) in [6.07, 6.45) is -4.85. The highest BCUT2D eigenvalue weighted by Crippen LogP contribution is 2.38. The number of aliphatic hydroxyl groups excluding tert-OH is 5. The number of aliphatic hydroxyl groups is 6. The smallest absolute Gasteiger partial charge is 0.186 e. The van der Waals surface area contributed by atoms with Crippen LogP contribution < -0.4 is 0 Å². The lowest BCUT2D eigenvalue weighted by Crippen LogP contribution is -2.60. The van der Waals surface area contributed by atoms with Crippen LogP contribution in [0.5, 0.6) is 0 Å². The van der Waals surface area contributed by atoms with Crippen molar-refractivity contribution in [2.45, 2.75) is 75.5 Å². The minimum Gasteiger partial charge on any atom is -0.394 e. The Morgan fingerprint density at radius 2 is 1.75 bits per heavy atom. The van der Waals surface area contributed by atoms with E-state index < -0.39 is 42.9 Å². The van der Waals surface area contributed by atoms with E-state index in [9.17, 15) is 30.6 Å². The van der Waals surface area contributed by atoms with Crippen LogP contribution in [0.15, 0.2) is 0 Å². The molecule has 0 unspecified atom stereocenters. The summed E-state index contributed by atoms with van der Waals surface area (Å²) < 4.78 is 11.2. The molecule has 0 aromatic rings. The third-order valence-corrected chi connectivity index (χ3v) is 5.48. The van der Waals surface area contributed by atoms with Crippen molar-refractivity contribution in [1.29, 1.82) is 0 Å². The topological polar surface area (TPSA) is 140 Å². The highest BCUT2D eigenvalue weighted by Gasteiger charge is 2.46. The highest BCUT2D eigenvalue weighted by molar-refractivity contribution is 4.92. The minimum absolute atomic E-state index is 0.142. The van der Waals surface area contributed by atoms with Gasteiger partial charge in [-0.25, -0.2) is 0 Å². The van der Waals surface area contributed by atoms with Crippen LogP contribution in [0.4, 0.5) is 0 Å². The molecule has 0 aromatic carbocycles. The SMILES string of the molecule is C[C@H]1CC[C@@H]([C@](C)(O)CO)C[C@H]1O[C@@H]1O[C@H](CO)[C@@H](O)[C@H](O)[C@H]1O. The van der Waals surface area contributed by atoms with E-state index in [1.807, 2.05) is 6.92 Å². The van der Waals surface area contributed by atoms with E-state index in [-0.39, 0.29) is 24.5 Å². The Labute approximate surface area is 141 Å². The molecule has 1 heterocycles. The van der Waals surface area contributed by atoms with Crippen LogP contribution in [0, 0.1) is 11.8 Å². The van der Waals surface area contributed by atoms with Crippen molar-refractivity contribution in [3.05, 3.63) is 0 Å². The first-order chi connectivity index (χ1) is 11.2. The van der Waals surface area contributed by atoms with Crippen molar-refractivity contribution in [2.24, 2.45) is 11.8 Å². The Kier molecular flexibility index (Phi) is 6.60. The van der Waals surface area contributed by atoms with Gasteiger partial charge in [0.05, 0.1) is 24.9 Å². The second-order valence-corrected chi connectivity index (χ2v) is 7.37. The van der Waals surface area contributed by atoms with E-state index in [0.29, 0.717) is 6.42 Å². The molecule has 0 spiro atoms. The molecule has 9 atom stereocenters. The van der Waals surface area contributed by atoms with Gasteiger partial charge < -0.3 is 40.1 Å². The van der Waals surface area contributed by atoms with Crippen molar-refractivity contribution in [2.75, 3.05) is 13.2 Å². The predicted octanol–water partition coefficient (Wildman–Crippen LogP) is -1.65. The summed E-state index contributed by atoms with van der Waals surface area (Å²) in [6.45, 7) is 2.71. The van der Waals surface area contributed by atoms with Crippen molar-refractivity contribution < 1.29 is 40.1 Å². The average molecular weight is 350 g/mol. The molecule has 0 aromatic heterocycles. The summed E-state index contributed by atoms with van der Waals surface area (Å²) in [5, 5.41) is 58.6.